The molecule has 96 valence electrons. The van der Waals surface area contributed by atoms with Gasteiger partial charge in [-0.25, -0.2) is 9.37 Å². The van der Waals surface area contributed by atoms with Crippen LogP contribution >= 0.6 is 0 Å². The zero-order chi connectivity index (χ0) is 14.0. The smallest absolute Gasteiger partial charge is 0.232 e. The molecule has 0 amide bonds. The Labute approximate surface area is 105 Å². The van der Waals surface area contributed by atoms with Gasteiger partial charge in [0.05, 0.1) is 0 Å². The van der Waals surface area contributed by atoms with Gasteiger partial charge in [-0.05, 0) is 29.8 Å². The van der Waals surface area contributed by atoms with Crippen LogP contribution < -0.4 is 0 Å². The number of rotatable bonds is 1. The standard InChI is InChI=1S/C13H6F4N2/c14-9-3-1-2-8(6-9)10-4-5-12(13(15,16)17)19-11(10)7-18/h1-6H. The summed E-state index contributed by atoms with van der Waals surface area (Å²) in [6, 6.07) is 8.70. The van der Waals surface area contributed by atoms with Gasteiger partial charge in [0.2, 0.25) is 0 Å². The highest BCUT2D eigenvalue weighted by atomic mass is 19.4. The monoisotopic (exact) mass is 266 g/mol. The van der Waals surface area contributed by atoms with E-state index in [-0.39, 0.29) is 11.3 Å². The summed E-state index contributed by atoms with van der Waals surface area (Å²) in [7, 11) is 0. The van der Waals surface area contributed by atoms with Crippen molar-refractivity contribution in [1.82, 2.24) is 4.98 Å². The second-order valence-corrected chi connectivity index (χ2v) is 3.71. The van der Waals surface area contributed by atoms with Crippen molar-refractivity contribution in [2.24, 2.45) is 0 Å². The van der Waals surface area contributed by atoms with Crippen LogP contribution in [-0.2, 0) is 6.18 Å². The maximum atomic E-state index is 13.1. The van der Waals surface area contributed by atoms with Crippen molar-refractivity contribution < 1.29 is 17.6 Å². The summed E-state index contributed by atoms with van der Waals surface area (Å²) in [6.45, 7) is 0. The Bertz CT molecular complexity index is 656. The lowest BCUT2D eigenvalue weighted by Gasteiger charge is -2.08. The minimum absolute atomic E-state index is 0.162. The van der Waals surface area contributed by atoms with Crippen LogP contribution in [0, 0.1) is 17.1 Å². The van der Waals surface area contributed by atoms with E-state index in [1.165, 1.54) is 18.2 Å². The van der Waals surface area contributed by atoms with Gasteiger partial charge < -0.3 is 0 Å². The van der Waals surface area contributed by atoms with E-state index in [4.69, 9.17) is 5.26 Å². The van der Waals surface area contributed by atoms with Crippen molar-refractivity contribution in [3.05, 3.63) is 53.6 Å². The van der Waals surface area contributed by atoms with Crippen molar-refractivity contribution in [2.45, 2.75) is 6.18 Å². The first kappa shape index (κ1) is 13.0. The first-order valence-corrected chi connectivity index (χ1v) is 5.16. The van der Waals surface area contributed by atoms with Gasteiger partial charge in [-0.2, -0.15) is 18.4 Å². The number of halogens is 4. The van der Waals surface area contributed by atoms with Gasteiger partial charge in [-0.1, -0.05) is 12.1 Å². The third kappa shape index (κ3) is 2.71. The largest absolute Gasteiger partial charge is 0.433 e. The van der Waals surface area contributed by atoms with Gasteiger partial charge in [-0.15, -0.1) is 0 Å². The maximum Gasteiger partial charge on any atom is 0.433 e. The summed E-state index contributed by atoms with van der Waals surface area (Å²) < 4.78 is 50.5. The molecule has 0 saturated heterocycles. The molecule has 0 atom stereocenters. The molecule has 1 heterocycles. The van der Waals surface area contributed by atoms with Crippen LogP contribution in [0.4, 0.5) is 17.6 Å². The summed E-state index contributed by atoms with van der Waals surface area (Å²) in [6.07, 6.45) is -4.62. The fraction of sp³-hybridized carbons (Fsp3) is 0.0769. The van der Waals surface area contributed by atoms with E-state index in [1.54, 1.807) is 6.07 Å². The van der Waals surface area contributed by atoms with Gasteiger partial charge in [0.1, 0.15) is 23.3 Å². The Morgan fingerprint density at radius 1 is 1.11 bits per heavy atom. The average Bonchev–Trinajstić information content (AvgIpc) is 2.37. The predicted molar refractivity (Wildman–Crippen MR) is 59.3 cm³/mol. The predicted octanol–water partition coefficient (Wildman–Crippen LogP) is 3.78. The molecular weight excluding hydrogens is 260 g/mol. The minimum atomic E-state index is -4.62. The van der Waals surface area contributed by atoms with E-state index < -0.39 is 17.7 Å². The number of alkyl halides is 3. The molecule has 19 heavy (non-hydrogen) atoms. The second-order valence-electron chi connectivity index (χ2n) is 3.71. The van der Waals surface area contributed by atoms with Crippen LogP contribution in [0.3, 0.4) is 0 Å². The fourth-order valence-corrected chi connectivity index (χ4v) is 1.59. The number of hydrogen-bond donors (Lipinski definition) is 0. The molecule has 0 saturated carbocycles. The summed E-state index contributed by atoms with van der Waals surface area (Å²) in [5, 5.41) is 8.87. The first-order chi connectivity index (χ1) is 8.91. The van der Waals surface area contributed by atoms with Crippen LogP contribution in [0.2, 0.25) is 0 Å². The number of nitrogens with zero attached hydrogens (tertiary/aromatic N) is 2. The Morgan fingerprint density at radius 2 is 1.84 bits per heavy atom. The molecule has 0 unspecified atom stereocenters. The summed E-state index contributed by atoms with van der Waals surface area (Å²) in [4.78, 5) is 3.26. The van der Waals surface area contributed by atoms with E-state index in [2.05, 4.69) is 4.98 Å². The molecule has 6 heteroatoms. The Hall–Kier alpha value is -2.42. The van der Waals surface area contributed by atoms with Crippen LogP contribution in [0.25, 0.3) is 11.1 Å². The van der Waals surface area contributed by atoms with Crippen molar-refractivity contribution in [1.29, 1.82) is 5.26 Å². The Morgan fingerprint density at radius 3 is 2.42 bits per heavy atom. The number of hydrogen-bond acceptors (Lipinski definition) is 2. The molecule has 2 nitrogen and oxygen atoms in total. The molecule has 0 spiro atoms. The quantitative estimate of drug-likeness (QED) is 0.736. The second kappa shape index (κ2) is 4.69. The lowest BCUT2D eigenvalue weighted by molar-refractivity contribution is -0.141. The third-order valence-electron chi connectivity index (χ3n) is 2.43. The van der Waals surface area contributed by atoms with Crippen molar-refractivity contribution >= 4 is 0 Å². The number of aromatic nitrogens is 1. The molecular formula is C13H6F4N2. The number of nitriles is 1. The zero-order valence-corrected chi connectivity index (χ0v) is 9.37. The van der Waals surface area contributed by atoms with Crippen LogP contribution in [-0.4, -0.2) is 4.98 Å². The highest BCUT2D eigenvalue weighted by molar-refractivity contribution is 5.68. The van der Waals surface area contributed by atoms with E-state index in [0.29, 0.717) is 5.56 Å². The van der Waals surface area contributed by atoms with E-state index in [1.807, 2.05) is 0 Å². The molecule has 0 N–H and O–H groups in total. The van der Waals surface area contributed by atoms with Crippen LogP contribution in [0.1, 0.15) is 11.4 Å². The molecule has 2 aromatic rings. The van der Waals surface area contributed by atoms with Gasteiger partial charge in [-0.3, -0.25) is 0 Å². The molecule has 0 aliphatic rings. The summed E-state index contributed by atoms with van der Waals surface area (Å²) >= 11 is 0. The van der Waals surface area contributed by atoms with Crippen LogP contribution in [0.5, 0.6) is 0 Å². The summed E-state index contributed by atoms with van der Waals surface area (Å²) in [5.74, 6) is -0.540. The molecule has 0 radical (unpaired) electrons. The Kier molecular flexibility index (Phi) is 3.21. The molecule has 0 aliphatic heterocycles. The van der Waals surface area contributed by atoms with Crippen molar-refractivity contribution in [3.8, 4) is 17.2 Å². The van der Waals surface area contributed by atoms with E-state index >= 15 is 0 Å². The van der Waals surface area contributed by atoms with Crippen molar-refractivity contribution in [3.63, 3.8) is 0 Å². The fourth-order valence-electron chi connectivity index (χ4n) is 1.59. The van der Waals surface area contributed by atoms with Gasteiger partial charge in [0.15, 0.2) is 0 Å². The van der Waals surface area contributed by atoms with Crippen molar-refractivity contribution in [2.75, 3.05) is 0 Å². The highest BCUT2D eigenvalue weighted by Crippen LogP contribution is 2.30. The molecule has 1 aromatic carbocycles. The van der Waals surface area contributed by atoms with Gasteiger partial charge in [0, 0.05) is 5.56 Å². The molecule has 0 fully saturated rings. The molecule has 2 rings (SSSR count). The average molecular weight is 266 g/mol. The van der Waals surface area contributed by atoms with E-state index in [9.17, 15) is 17.6 Å². The molecule has 0 aliphatic carbocycles. The number of benzene rings is 1. The maximum absolute atomic E-state index is 13.1. The van der Waals surface area contributed by atoms with Crippen LogP contribution in [0.15, 0.2) is 36.4 Å². The molecule has 0 bridgehead atoms. The topological polar surface area (TPSA) is 36.7 Å². The SMILES string of the molecule is N#Cc1nc(C(F)(F)F)ccc1-c1cccc(F)c1. The third-order valence-corrected chi connectivity index (χ3v) is 2.43. The minimum Gasteiger partial charge on any atom is -0.232 e. The normalized spacial score (nSPS) is 11.1. The van der Waals surface area contributed by atoms with E-state index in [0.717, 1.165) is 18.2 Å². The summed E-state index contributed by atoms with van der Waals surface area (Å²) in [5.41, 5.74) is -1.07. The highest BCUT2D eigenvalue weighted by Gasteiger charge is 2.33. The lowest BCUT2D eigenvalue weighted by atomic mass is 10.0. The molecule has 1 aromatic heterocycles. The van der Waals surface area contributed by atoms with Gasteiger partial charge >= 0.3 is 6.18 Å². The number of pyridine rings is 1. The lowest BCUT2D eigenvalue weighted by Crippen LogP contribution is -2.09. The van der Waals surface area contributed by atoms with Gasteiger partial charge in [0.25, 0.3) is 0 Å². The Balaban J connectivity index is 2.57. The first-order valence-electron chi connectivity index (χ1n) is 5.16. The zero-order valence-electron chi connectivity index (χ0n) is 9.37.